The van der Waals surface area contributed by atoms with E-state index in [0.29, 0.717) is 46.0 Å². The second kappa shape index (κ2) is 20.4. The van der Waals surface area contributed by atoms with E-state index >= 15 is 0 Å². The quantitative estimate of drug-likeness (QED) is 0.0499. The largest absolute Gasteiger partial charge is 0.497 e. The summed E-state index contributed by atoms with van der Waals surface area (Å²) in [6.45, 7) is 0. The number of hydrogen-bond donors (Lipinski definition) is 6. The first-order valence-electron chi connectivity index (χ1n) is 22.9. The Kier molecular flexibility index (Phi) is 13.8. The number of fused-ring (bicyclic) bond motifs is 2. The van der Waals surface area contributed by atoms with Crippen LogP contribution < -0.4 is 39.3 Å². The molecule has 2 saturated carbocycles. The smallest absolute Gasteiger partial charge is 0.339 e. The van der Waals surface area contributed by atoms with Gasteiger partial charge in [-0.05, 0) is 147 Å². The van der Waals surface area contributed by atoms with Crippen LogP contribution in [0.4, 0.5) is 40.3 Å². The van der Waals surface area contributed by atoms with E-state index in [0.717, 1.165) is 59.9 Å². The molecular weight excluding hydrogens is 915 g/mol. The van der Waals surface area contributed by atoms with Gasteiger partial charge in [0.05, 0.1) is 29.2 Å². The molecule has 16 nitrogen and oxygen atoms in total. The van der Waals surface area contributed by atoms with Gasteiger partial charge in [-0.3, -0.25) is 0 Å². The first-order valence-corrected chi connectivity index (χ1v) is 25.7. The highest BCUT2D eigenvalue weighted by Crippen LogP contribution is 2.30. The van der Waals surface area contributed by atoms with Gasteiger partial charge < -0.3 is 49.2 Å². The third-order valence-electron chi connectivity index (χ3n) is 12.1. The molecule has 0 unspecified atom stereocenters. The molecule has 18 heteroatoms. The fourth-order valence-electron chi connectivity index (χ4n) is 8.39. The highest BCUT2D eigenvalue weighted by Gasteiger charge is 2.21. The molecule has 0 aliphatic heterocycles. The molecule has 2 aliphatic rings. The highest BCUT2D eigenvalue weighted by molar-refractivity contribution is 7.87. The van der Waals surface area contributed by atoms with E-state index in [1.165, 1.54) is 25.7 Å². The number of H-pyrrole nitrogens is 2. The molecule has 10 rings (SSSR count). The summed E-state index contributed by atoms with van der Waals surface area (Å²) in [7, 11) is -2.33. The molecule has 2 fully saturated rings. The van der Waals surface area contributed by atoms with Crippen molar-refractivity contribution in [2.75, 3.05) is 47.4 Å². The van der Waals surface area contributed by atoms with E-state index in [1.54, 1.807) is 92.0 Å². The molecule has 6 N–H and O–H groups in total. The Bertz CT molecular complexity index is 3220. The number of methoxy groups -OCH3 is 1. The van der Waals surface area contributed by atoms with Crippen LogP contribution in [0, 0.1) is 0 Å². The fourth-order valence-corrected chi connectivity index (χ4v) is 10.2. The van der Waals surface area contributed by atoms with Gasteiger partial charge in [0.25, 0.3) is 0 Å². The number of anilines is 7. The van der Waals surface area contributed by atoms with Crippen LogP contribution in [-0.2, 0) is 20.2 Å². The molecule has 0 bridgehead atoms. The van der Waals surface area contributed by atoms with Gasteiger partial charge in [-0.2, -0.15) is 16.8 Å². The molecule has 6 aromatic carbocycles. The lowest BCUT2D eigenvalue weighted by atomic mass is 10.2. The molecule has 0 spiro atoms. The summed E-state index contributed by atoms with van der Waals surface area (Å²) in [6.07, 6.45) is 9.54. The molecule has 2 heterocycles. The van der Waals surface area contributed by atoms with Gasteiger partial charge >= 0.3 is 20.2 Å². The molecule has 8 aromatic rings. The zero-order valence-electron chi connectivity index (χ0n) is 38.5. The SMILES string of the molecule is CN(C)c1ccc(Nc2nc3ccc(OS(=O)(=O)c4ccc(NC5CCCC5)cc4)cc3[nH]2)cc1.COc1ccc(Nc2nc3ccc(OS(=O)(=O)c4ccc(NC5CCCC5)cc4)cc3[nH]2)cc1. The number of ether oxygens (including phenoxy) is 1. The third-order valence-corrected chi connectivity index (χ3v) is 14.6. The van der Waals surface area contributed by atoms with Crippen LogP contribution >= 0.6 is 0 Å². The van der Waals surface area contributed by atoms with E-state index < -0.39 is 20.2 Å². The van der Waals surface area contributed by atoms with Crippen LogP contribution in [0.1, 0.15) is 51.4 Å². The number of hydrogen-bond acceptors (Lipinski definition) is 14. The van der Waals surface area contributed by atoms with Crippen molar-refractivity contribution < 1.29 is 29.9 Å². The molecule has 2 aromatic heterocycles. The van der Waals surface area contributed by atoms with Gasteiger partial charge in [0, 0.05) is 66.7 Å². The van der Waals surface area contributed by atoms with Crippen LogP contribution in [0.2, 0.25) is 0 Å². The van der Waals surface area contributed by atoms with E-state index in [-0.39, 0.29) is 21.3 Å². The molecule has 0 saturated heterocycles. The molecule has 2 aliphatic carbocycles. The maximum atomic E-state index is 12.8. The third kappa shape index (κ3) is 11.8. The number of benzene rings is 6. The molecular formula is C51H55N9O7S2. The number of imidazole rings is 2. The molecule has 358 valence electrons. The minimum Gasteiger partial charge on any atom is -0.497 e. The highest BCUT2D eigenvalue weighted by atomic mass is 32.2. The zero-order valence-corrected chi connectivity index (χ0v) is 40.2. The van der Waals surface area contributed by atoms with Crippen LogP contribution in [0.25, 0.3) is 22.1 Å². The van der Waals surface area contributed by atoms with Gasteiger partial charge in [0.2, 0.25) is 11.9 Å². The normalized spacial score (nSPS) is 14.2. The Morgan fingerprint density at radius 1 is 0.507 bits per heavy atom. The van der Waals surface area contributed by atoms with E-state index in [9.17, 15) is 16.8 Å². The minimum absolute atomic E-state index is 0.107. The summed E-state index contributed by atoms with van der Waals surface area (Å²) in [5.41, 5.74) is 7.37. The molecule has 0 atom stereocenters. The lowest BCUT2D eigenvalue weighted by molar-refractivity contribution is 0.415. The van der Waals surface area contributed by atoms with Crippen molar-refractivity contribution in [2.45, 2.75) is 73.2 Å². The zero-order chi connectivity index (χ0) is 48.0. The predicted octanol–water partition coefficient (Wildman–Crippen LogP) is 10.9. The van der Waals surface area contributed by atoms with Gasteiger partial charge in [0.1, 0.15) is 27.0 Å². The lowest BCUT2D eigenvalue weighted by Gasteiger charge is -2.14. The van der Waals surface area contributed by atoms with Crippen LogP contribution in [0.5, 0.6) is 17.2 Å². The monoisotopic (exact) mass is 969 g/mol. The molecule has 0 radical (unpaired) electrons. The number of aromatic amines is 2. The van der Waals surface area contributed by atoms with Crippen LogP contribution in [0.3, 0.4) is 0 Å². The maximum absolute atomic E-state index is 12.8. The van der Waals surface area contributed by atoms with Crippen molar-refractivity contribution in [1.82, 2.24) is 19.9 Å². The fraction of sp³-hybridized carbons (Fsp3) is 0.255. The summed E-state index contributed by atoms with van der Waals surface area (Å²) in [5, 5.41) is 13.3. The summed E-state index contributed by atoms with van der Waals surface area (Å²) >= 11 is 0. The summed E-state index contributed by atoms with van der Waals surface area (Å²) < 4.78 is 67.2. The molecule has 0 amide bonds. The Balaban J connectivity index is 0.000000172. The van der Waals surface area contributed by atoms with Crippen molar-refractivity contribution in [3.63, 3.8) is 0 Å². The van der Waals surface area contributed by atoms with E-state index in [4.69, 9.17) is 13.1 Å². The van der Waals surface area contributed by atoms with Crippen LogP contribution in [0.15, 0.2) is 143 Å². The number of aromatic nitrogens is 4. The van der Waals surface area contributed by atoms with Crippen molar-refractivity contribution >= 4 is 82.6 Å². The van der Waals surface area contributed by atoms with Crippen molar-refractivity contribution in [3.05, 3.63) is 133 Å². The Morgan fingerprint density at radius 2 is 0.884 bits per heavy atom. The number of nitrogens with one attached hydrogen (secondary N) is 6. The second-order valence-electron chi connectivity index (χ2n) is 17.3. The molecule has 69 heavy (non-hydrogen) atoms. The van der Waals surface area contributed by atoms with Crippen molar-refractivity contribution in [2.24, 2.45) is 0 Å². The Hall–Kier alpha value is -7.44. The summed E-state index contributed by atoms with van der Waals surface area (Å²) in [4.78, 5) is 17.6. The lowest BCUT2D eigenvalue weighted by Crippen LogP contribution is -2.14. The predicted molar refractivity (Wildman–Crippen MR) is 273 cm³/mol. The number of rotatable bonds is 16. The second-order valence-corrected chi connectivity index (χ2v) is 20.4. The average Bonchev–Trinajstić information content (AvgIpc) is 4.19. The minimum atomic E-state index is -3.96. The standard InChI is InChI=1S/C26H29N5O3S.C25H26N4O4S/c1-31(2)21-11-7-20(8-12-21)28-26-29-24-16-13-22(17-25(24)30-26)34-35(32,33)23-14-9-19(10-15-23)27-18-5-3-4-6-18;1-32-20-10-6-19(7-11-20)27-25-28-23-15-12-21(16-24(23)29-25)33-34(30,31)22-13-8-18(9-14-22)26-17-4-2-3-5-17/h7-18,27H,3-6H2,1-2H3,(H2,28,29,30);6-17,26H,2-5H2,1H3,(H2,27,28,29). The van der Waals surface area contributed by atoms with E-state index in [1.807, 2.05) is 67.5 Å². The van der Waals surface area contributed by atoms with Crippen LogP contribution in [-0.4, -0.2) is 70.1 Å². The van der Waals surface area contributed by atoms with Gasteiger partial charge in [-0.1, -0.05) is 25.7 Å². The number of nitrogens with zero attached hydrogens (tertiary/aromatic N) is 3. The van der Waals surface area contributed by atoms with Gasteiger partial charge in [-0.15, -0.1) is 0 Å². The van der Waals surface area contributed by atoms with Crippen molar-refractivity contribution in [1.29, 1.82) is 0 Å². The first kappa shape index (κ1) is 46.7. The first-order chi connectivity index (χ1) is 33.3. The van der Waals surface area contributed by atoms with E-state index in [2.05, 4.69) is 41.2 Å². The topological polar surface area (TPSA) is 205 Å². The Morgan fingerprint density at radius 3 is 1.28 bits per heavy atom. The summed E-state index contributed by atoms with van der Waals surface area (Å²) in [6, 6.07) is 39.7. The van der Waals surface area contributed by atoms with Gasteiger partial charge in [-0.25, -0.2) is 9.97 Å². The Labute approximate surface area is 402 Å². The average molecular weight is 970 g/mol. The van der Waals surface area contributed by atoms with Gasteiger partial charge in [0.15, 0.2) is 0 Å². The summed E-state index contributed by atoms with van der Waals surface area (Å²) in [5.74, 6) is 2.28. The maximum Gasteiger partial charge on any atom is 0.339 e. The van der Waals surface area contributed by atoms with Crippen molar-refractivity contribution in [3.8, 4) is 17.2 Å².